The predicted molar refractivity (Wildman–Crippen MR) is 124 cm³/mol. The van der Waals surface area contributed by atoms with E-state index in [1.54, 1.807) is 0 Å². The molecule has 1 radical (unpaired) electrons. The maximum Gasteiger partial charge on any atom is 0.206 e. The molecule has 0 spiro atoms. The van der Waals surface area contributed by atoms with E-state index >= 15 is 0 Å². The van der Waals surface area contributed by atoms with Crippen molar-refractivity contribution in [1.29, 1.82) is 0 Å². The van der Waals surface area contributed by atoms with E-state index in [1.807, 2.05) is 0 Å². The van der Waals surface area contributed by atoms with Crippen LogP contribution in [0, 0.1) is 12.3 Å². The minimum atomic E-state index is -0.852. The van der Waals surface area contributed by atoms with Gasteiger partial charge in [-0.3, -0.25) is 4.98 Å². The molecule has 0 aliphatic heterocycles. The van der Waals surface area contributed by atoms with Gasteiger partial charge in [-0.15, -0.1) is 0 Å². The van der Waals surface area contributed by atoms with Crippen molar-refractivity contribution in [3.63, 3.8) is 0 Å². The summed E-state index contributed by atoms with van der Waals surface area (Å²) in [6, 6.07) is 11.1. The maximum absolute atomic E-state index is 6.87. The monoisotopic (exact) mass is 398 g/mol. The van der Waals surface area contributed by atoms with E-state index in [4.69, 9.17) is 9.41 Å². The average molecular weight is 399 g/mol. The Hall–Kier alpha value is -1.19. The van der Waals surface area contributed by atoms with E-state index in [9.17, 15) is 0 Å². The number of aryl methyl sites for hydroxylation is 1. The van der Waals surface area contributed by atoms with Crippen LogP contribution >= 0.6 is 0 Å². The van der Waals surface area contributed by atoms with E-state index in [0.29, 0.717) is 0 Å². The predicted octanol–water partition coefficient (Wildman–Crippen LogP) is 7.80. The average Bonchev–Trinajstić information content (AvgIpc) is 2.61. The fourth-order valence-corrected chi connectivity index (χ4v) is 5.41. The first kappa shape index (κ1) is 23.1. The summed E-state index contributed by atoms with van der Waals surface area (Å²) in [7, 11) is -0.852. The number of unbranched alkanes of at least 4 members (excludes halogenated alkanes) is 5. The summed E-state index contributed by atoms with van der Waals surface area (Å²) in [6.07, 6.45) is 8.94. The molecule has 1 aromatic heterocycles. The van der Waals surface area contributed by atoms with Gasteiger partial charge >= 0.3 is 0 Å². The Balaban J connectivity index is 2.38. The van der Waals surface area contributed by atoms with Crippen LogP contribution in [-0.4, -0.2) is 14.0 Å². The minimum absolute atomic E-state index is 0.0237. The van der Waals surface area contributed by atoms with Gasteiger partial charge in [-0.25, -0.2) is 0 Å². The lowest BCUT2D eigenvalue weighted by molar-refractivity contribution is -0.0505. The Labute approximate surface area is 174 Å². The highest BCUT2D eigenvalue weighted by Crippen LogP contribution is 2.47. The largest absolute Gasteiger partial charge is 0.407 e. The topological polar surface area (TPSA) is 22.1 Å². The van der Waals surface area contributed by atoms with Crippen molar-refractivity contribution in [2.45, 2.75) is 98.3 Å². The van der Waals surface area contributed by atoms with E-state index < -0.39 is 9.04 Å². The quantitative estimate of drug-likeness (QED) is 0.301. The fourth-order valence-electron chi connectivity index (χ4n) is 4.19. The summed E-state index contributed by atoms with van der Waals surface area (Å²) >= 11 is 0. The lowest BCUT2D eigenvalue weighted by Crippen LogP contribution is -2.45. The summed E-state index contributed by atoms with van der Waals surface area (Å²) < 4.78 is 6.87. The number of benzene rings is 1. The highest BCUT2D eigenvalue weighted by Gasteiger charge is 2.44. The van der Waals surface area contributed by atoms with Gasteiger partial charge in [-0.05, 0) is 49.5 Å². The SMILES string of the molecule is CCCCCCCCC(O[Si](C)C)(c1ccc2ccc(C)nc2c1)C(C)(C)C. The van der Waals surface area contributed by atoms with Gasteiger partial charge in [0.05, 0.1) is 11.1 Å². The van der Waals surface area contributed by atoms with Crippen molar-refractivity contribution in [3.05, 3.63) is 41.6 Å². The molecule has 0 aliphatic carbocycles. The summed E-state index contributed by atoms with van der Waals surface area (Å²) in [5, 5.41) is 1.20. The second-order valence-electron chi connectivity index (χ2n) is 9.47. The van der Waals surface area contributed by atoms with Gasteiger partial charge in [0.1, 0.15) is 0 Å². The normalized spacial score (nSPS) is 14.6. The van der Waals surface area contributed by atoms with Crippen LogP contribution in [0.4, 0.5) is 0 Å². The first-order valence-corrected chi connectivity index (χ1v) is 13.5. The molecule has 1 aromatic carbocycles. The van der Waals surface area contributed by atoms with Gasteiger partial charge in [0.25, 0.3) is 0 Å². The number of pyridine rings is 1. The van der Waals surface area contributed by atoms with E-state index in [0.717, 1.165) is 17.6 Å². The number of rotatable bonds is 10. The molecule has 28 heavy (non-hydrogen) atoms. The highest BCUT2D eigenvalue weighted by molar-refractivity contribution is 6.48. The molecule has 3 heteroatoms. The third-order valence-electron chi connectivity index (χ3n) is 5.77. The van der Waals surface area contributed by atoms with Crippen LogP contribution in [0.2, 0.25) is 13.1 Å². The Kier molecular flexibility index (Phi) is 8.26. The van der Waals surface area contributed by atoms with Crippen molar-refractivity contribution in [1.82, 2.24) is 4.98 Å². The fraction of sp³-hybridized carbons (Fsp3) is 0.640. The van der Waals surface area contributed by atoms with Crippen LogP contribution in [0.15, 0.2) is 30.3 Å². The maximum atomic E-state index is 6.87. The van der Waals surface area contributed by atoms with Gasteiger partial charge in [-0.1, -0.05) is 84.4 Å². The number of nitrogens with zero attached hydrogens (tertiary/aromatic N) is 1. The Morgan fingerprint density at radius 1 is 0.929 bits per heavy atom. The molecule has 0 fully saturated rings. The smallest absolute Gasteiger partial charge is 0.206 e. The molecular formula is C25H40NOSi. The lowest BCUT2D eigenvalue weighted by Gasteiger charge is -2.47. The van der Waals surface area contributed by atoms with Gasteiger partial charge in [0.15, 0.2) is 0 Å². The molecular weight excluding hydrogens is 358 g/mol. The standard InChI is InChI=1S/C25H40NOSi/c1-8-9-10-11-12-13-18-25(24(3,4)5,27-28(6)7)22-17-16-21-15-14-20(2)26-23(21)19-22/h14-17,19H,8-13,18H2,1-7H3. The number of aromatic nitrogens is 1. The second kappa shape index (κ2) is 10.0. The molecule has 2 aromatic rings. The zero-order chi connectivity index (χ0) is 20.8. The zero-order valence-corrected chi connectivity index (χ0v) is 20.2. The van der Waals surface area contributed by atoms with Gasteiger partial charge in [-0.2, -0.15) is 0 Å². The molecule has 0 saturated heterocycles. The van der Waals surface area contributed by atoms with Crippen LogP contribution in [0.1, 0.15) is 83.9 Å². The molecule has 155 valence electrons. The molecule has 0 aliphatic rings. The Morgan fingerprint density at radius 2 is 1.57 bits per heavy atom. The third-order valence-corrected chi connectivity index (χ3v) is 6.53. The summed E-state index contributed by atoms with van der Waals surface area (Å²) in [5.74, 6) is 0. The summed E-state index contributed by atoms with van der Waals surface area (Å²) in [6.45, 7) is 15.9. The molecule has 0 bridgehead atoms. The van der Waals surface area contributed by atoms with Crippen LogP contribution in [0.3, 0.4) is 0 Å². The minimum Gasteiger partial charge on any atom is -0.407 e. The number of hydrogen-bond donors (Lipinski definition) is 0. The molecule has 1 heterocycles. The Bertz CT molecular complexity index is 750. The molecule has 2 rings (SSSR count). The van der Waals surface area contributed by atoms with Gasteiger partial charge < -0.3 is 4.43 Å². The van der Waals surface area contributed by atoms with Crippen LogP contribution in [0.25, 0.3) is 10.9 Å². The molecule has 0 saturated carbocycles. The van der Waals surface area contributed by atoms with Gasteiger partial charge in [0, 0.05) is 11.1 Å². The number of fused-ring (bicyclic) bond motifs is 1. The van der Waals surface area contributed by atoms with Crippen molar-refractivity contribution >= 4 is 19.9 Å². The van der Waals surface area contributed by atoms with Crippen molar-refractivity contribution < 1.29 is 4.43 Å². The van der Waals surface area contributed by atoms with Crippen LogP contribution in [-0.2, 0) is 10.0 Å². The molecule has 2 nitrogen and oxygen atoms in total. The van der Waals surface area contributed by atoms with E-state index in [1.165, 1.54) is 49.5 Å². The van der Waals surface area contributed by atoms with Crippen molar-refractivity contribution in [2.24, 2.45) is 5.41 Å². The highest BCUT2D eigenvalue weighted by atomic mass is 28.3. The summed E-state index contributed by atoms with van der Waals surface area (Å²) in [5.41, 5.74) is 3.22. The summed E-state index contributed by atoms with van der Waals surface area (Å²) in [4.78, 5) is 4.79. The molecule has 1 atom stereocenters. The Morgan fingerprint density at radius 3 is 2.21 bits per heavy atom. The van der Waals surface area contributed by atoms with Crippen molar-refractivity contribution in [3.8, 4) is 0 Å². The second-order valence-corrected chi connectivity index (χ2v) is 11.5. The molecule has 0 N–H and O–H groups in total. The first-order chi connectivity index (χ1) is 13.2. The molecule has 1 unspecified atom stereocenters. The van der Waals surface area contributed by atoms with E-state index in [2.05, 4.69) is 78.0 Å². The van der Waals surface area contributed by atoms with Gasteiger partial charge in [0.2, 0.25) is 9.04 Å². The molecule has 0 amide bonds. The van der Waals surface area contributed by atoms with Crippen molar-refractivity contribution in [2.75, 3.05) is 0 Å². The van der Waals surface area contributed by atoms with Crippen LogP contribution in [0.5, 0.6) is 0 Å². The number of hydrogen-bond acceptors (Lipinski definition) is 2. The van der Waals surface area contributed by atoms with E-state index in [-0.39, 0.29) is 11.0 Å². The zero-order valence-electron chi connectivity index (χ0n) is 19.2. The first-order valence-electron chi connectivity index (χ1n) is 11.1. The van der Waals surface area contributed by atoms with Crippen LogP contribution < -0.4 is 0 Å². The lowest BCUT2D eigenvalue weighted by atomic mass is 9.69. The third kappa shape index (κ3) is 5.67.